The molecule has 0 heterocycles. The maximum absolute atomic E-state index is 10.8. The molecule has 0 aliphatic heterocycles. The lowest BCUT2D eigenvalue weighted by Crippen LogP contribution is -2.19. The molecule has 0 unspecified atom stereocenters. The summed E-state index contributed by atoms with van der Waals surface area (Å²) >= 11 is 10.3. The largest absolute Gasteiger partial charge is 0.233 e. The summed E-state index contributed by atoms with van der Waals surface area (Å²) < 4.78 is 21.6. The summed E-state index contributed by atoms with van der Waals surface area (Å²) in [5.74, 6) is 0.209. The molecule has 0 aromatic rings. The molecule has 10 heavy (non-hydrogen) atoms. The number of alkyl halides is 1. The van der Waals surface area contributed by atoms with Crippen molar-refractivity contribution >= 4 is 33.2 Å². The highest BCUT2D eigenvalue weighted by Crippen LogP contribution is 1.90. The standard InChI is InChI=1S/C4H9Cl2NO2S/c5-1-3-10(8,9)4-2-7-6/h7H,1-4H2. The van der Waals surface area contributed by atoms with Crippen molar-refractivity contribution in [1.29, 1.82) is 0 Å². The van der Waals surface area contributed by atoms with E-state index in [2.05, 4.69) is 4.84 Å². The molecule has 1 N–H and O–H groups in total. The lowest BCUT2D eigenvalue weighted by Gasteiger charge is -1.98. The van der Waals surface area contributed by atoms with Crippen LogP contribution in [0.5, 0.6) is 0 Å². The van der Waals surface area contributed by atoms with Gasteiger partial charge in [-0.1, -0.05) is 0 Å². The number of halogens is 2. The highest BCUT2D eigenvalue weighted by atomic mass is 35.5. The second-order valence-corrected chi connectivity index (χ2v) is 4.67. The van der Waals surface area contributed by atoms with Crippen LogP contribution >= 0.6 is 23.4 Å². The summed E-state index contributed by atoms with van der Waals surface area (Å²) in [7, 11) is -2.97. The molecule has 3 nitrogen and oxygen atoms in total. The van der Waals surface area contributed by atoms with E-state index in [1.54, 1.807) is 0 Å². The van der Waals surface area contributed by atoms with Gasteiger partial charge in [0.1, 0.15) is 0 Å². The molecule has 0 aliphatic carbocycles. The first-order chi connectivity index (χ1) is 4.62. The molecule has 0 rings (SSSR count). The number of sulfone groups is 1. The average molecular weight is 206 g/mol. The predicted octanol–water partition coefficient (Wildman–Crippen LogP) is 0.383. The molecule has 0 aromatic heterocycles. The van der Waals surface area contributed by atoms with Crippen molar-refractivity contribution in [2.75, 3.05) is 23.9 Å². The SMILES string of the molecule is O=S(=O)(CCCl)CCNCl. The van der Waals surface area contributed by atoms with Crippen molar-refractivity contribution in [2.24, 2.45) is 0 Å². The second-order valence-electron chi connectivity index (χ2n) is 1.72. The Bertz CT molecular complexity index is 168. The Labute approximate surface area is 70.7 Å². The quantitative estimate of drug-likeness (QED) is 0.522. The highest BCUT2D eigenvalue weighted by Gasteiger charge is 2.07. The Hall–Kier alpha value is 0.490. The van der Waals surface area contributed by atoms with E-state index >= 15 is 0 Å². The molecule has 0 saturated heterocycles. The molecule has 0 amide bonds. The van der Waals surface area contributed by atoms with Crippen LogP contribution in [0.25, 0.3) is 0 Å². The van der Waals surface area contributed by atoms with Gasteiger partial charge in [-0.2, -0.15) is 0 Å². The zero-order valence-corrected chi connectivity index (χ0v) is 7.64. The van der Waals surface area contributed by atoms with Crippen LogP contribution in [0.2, 0.25) is 0 Å². The van der Waals surface area contributed by atoms with Crippen molar-refractivity contribution in [1.82, 2.24) is 4.84 Å². The third-order valence-electron chi connectivity index (χ3n) is 0.896. The number of rotatable bonds is 5. The van der Waals surface area contributed by atoms with Crippen LogP contribution in [0.3, 0.4) is 0 Å². The zero-order chi connectivity index (χ0) is 8.04. The van der Waals surface area contributed by atoms with Crippen LogP contribution in [0.4, 0.5) is 0 Å². The molecule has 62 valence electrons. The normalized spacial score (nSPS) is 11.8. The number of nitrogens with one attached hydrogen (secondary N) is 1. The van der Waals surface area contributed by atoms with Gasteiger partial charge in [-0.05, 0) is 11.8 Å². The minimum Gasteiger partial charge on any atom is -0.233 e. The number of hydrogen-bond acceptors (Lipinski definition) is 3. The van der Waals surface area contributed by atoms with E-state index in [9.17, 15) is 8.42 Å². The summed E-state index contributed by atoms with van der Waals surface area (Å²) in [5.41, 5.74) is 0. The third-order valence-corrected chi connectivity index (χ3v) is 3.15. The van der Waals surface area contributed by atoms with Crippen molar-refractivity contribution in [3.63, 3.8) is 0 Å². The lowest BCUT2D eigenvalue weighted by atomic mass is 10.8. The molecule has 0 aromatic carbocycles. The monoisotopic (exact) mass is 205 g/mol. The second kappa shape index (κ2) is 5.18. The molecule has 0 atom stereocenters. The van der Waals surface area contributed by atoms with Crippen molar-refractivity contribution in [2.45, 2.75) is 0 Å². The fourth-order valence-electron chi connectivity index (χ4n) is 0.414. The Morgan fingerprint density at radius 1 is 1.30 bits per heavy atom. The van der Waals surface area contributed by atoms with Crippen LogP contribution in [0.15, 0.2) is 0 Å². The maximum atomic E-state index is 10.8. The van der Waals surface area contributed by atoms with Gasteiger partial charge in [-0.15, -0.1) is 11.6 Å². The Balaban J connectivity index is 3.65. The van der Waals surface area contributed by atoms with Crippen molar-refractivity contribution < 1.29 is 8.42 Å². The first-order valence-corrected chi connectivity index (χ1v) is 5.45. The van der Waals surface area contributed by atoms with E-state index in [4.69, 9.17) is 23.4 Å². The van der Waals surface area contributed by atoms with Gasteiger partial charge in [0.05, 0.1) is 11.5 Å². The fraction of sp³-hybridized carbons (Fsp3) is 1.00. The molecule has 0 saturated carbocycles. The fourth-order valence-corrected chi connectivity index (χ4v) is 2.18. The summed E-state index contributed by atoms with van der Waals surface area (Å²) in [6, 6.07) is 0. The minimum absolute atomic E-state index is 0.0210. The Morgan fingerprint density at radius 2 is 1.90 bits per heavy atom. The van der Waals surface area contributed by atoms with Gasteiger partial charge in [0.15, 0.2) is 9.84 Å². The van der Waals surface area contributed by atoms with Gasteiger partial charge in [0.25, 0.3) is 0 Å². The van der Waals surface area contributed by atoms with Crippen molar-refractivity contribution in [3.05, 3.63) is 0 Å². The first kappa shape index (κ1) is 10.5. The molecule has 0 radical (unpaired) electrons. The predicted molar refractivity (Wildman–Crippen MR) is 43.2 cm³/mol. The Kier molecular flexibility index (Phi) is 5.44. The highest BCUT2D eigenvalue weighted by molar-refractivity contribution is 7.91. The van der Waals surface area contributed by atoms with Crippen LogP contribution in [-0.4, -0.2) is 32.3 Å². The van der Waals surface area contributed by atoms with Crippen LogP contribution in [0, 0.1) is 0 Å². The topological polar surface area (TPSA) is 46.2 Å². The summed E-state index contributed by atoms with van der Waals surface area (Å²) in [6.07, 6.45) is 0. The Morgan fingerprint density at radius 3 is 2.30 bits per heavy atom. The average Bonchev–Trinajstić information content (AvgIpc) is 1.84. The smallest absolute Gasteiger partial charge is 0.152 e. The van der Waals surface area contributed by atoms with Crippen LogP contribution in [0.1, 0.15) is 0 Å². The van der Waals surface area contributed by atoms with E-state index in [1.165, 1.54) is 0 Å². The van der Waals surface area contributed by atoms with Crippen LogP contribution in [-0.2, 0) is 9.84 Å². The van der Waals surface area contributed by atoms with E-state index < -0.39 is 9.84 Å². The third kappa shape index (κ3) is 5.29. The van der Waals surface area contributed by atoms with E-state index in [0.717, 1.165) is 0 Å². The lowest BCUT2D eigenvalue weighted by molar-refractivity contribution is 0.596. The van der Waals surface area contributed by atoms with Gasteiger partial charge < -0.3 is 0 Å². The molecular formula is C4H9Cl2NO2S. The number of hydrogen-bond donors (Lipinski definition) is 1. The van der Waals surface area contributed by atoms with Gasteiger partial charge >= 0.3 is 0 Å². The van der Waals surface area contributed by atoms with Gasteiger partial charge in [0, 0.05) is 12.4 Å². The van der Waals surface area contributed by atoms with Gasteiger partial charge in [-0.3, -0.25) is 0 Å². The molecule has 0 fully saturated rings. The molecule has 0 aliphatic rings. The molecular weight excluding hydrogens is 197 g/mol. The zero-order valence-electron chi connectivity index (χ0n) is 5.31. The van der Waals surface area contributed by atoms with Crippen LogP contribution < -0.4 is 4.84 Å². The summed E-state index contributed by atoms with van der Waals surface area (Å²) in [6.45, 7) is 0.265. The van der Waals surface area contributed by atoms with Gasteiger partial charge in [0.2, 0.25) is 0 Å². The minimum atomic E-state index is -2.97. The summed E-state index contributed by atoms with van der Waals surface area (Å²) in [4.78, 5) is 2.23. The molecule has 0 bridgehead atoms. The van der Waals surface area contributed by atoms with E-state index in [1.807, 2.05) is 0 Å². The summed E-state index contributed by atoms with van der Waals surface area (Å²) in [5, 5.41) is 0. The van der Waals surface area contributed by atoms with Crippen molar-refractivity contribution in [3.8, 4) is 0 Å². The first-order valence-electron chi connectivity index (χ1n) is 2.72. The molecule has 0 spiro atoms. The van der Waals surface area contributed by atoms with Gasteiger partial charge in [-0.25, -0.2) is 13.3 Å². The van der Waals surface area contributed by atoms with E-state index in [-0.39, 0.29) is 23.9 Å². The maximum Gasteiger partial charge on any atom is 0.152 e. The molecule has 6 heteroatoms. The van der Waals surface area contributed by atoms with E-state index in [0.29, 0.717) is 0 Å².